The summed E-state index contributed by atoms with van der Waals surface area (Å²) in [7, 11) is 1.60. The van der Waals surface area contributed by atoms with Gasteiger partial charge < -0.3 is 15.2 Å². The predicted molar refractivity (Wildman–Crippen MR) is 94.8 cm³/mol. The highest BCUT2D eigenvalue weighted by molar-refractivity contribution is 5.82. The molecule has 0 aliphatic heterocycles. The fourth-order valence-electron chi connectivity index (χ4n) is 2.64. The number of rotatable bonds is 7. The van der Waals surface area contributed by atoms with Gasteiger partial charge in [-0.3, -0.25) is 4.79 Å². The van der Waals surface area contributed by atoms with Crippen LogP contribution in [0.5, 0.6) is 5.75 Å². The van der Waals surface area contributed by atoms with Crippen LogP contribution in [0.15, 0.2) is 48.5 Å². The Kier molecular flexibility index (Phi) is 6.15. The molecule has 134 valence electrons. The fraction of sp³-hybridized carbons (Fsp3) is 0.350. The molecule has 1 atom stereocenters. The Morgan fingerprint density at radius 3 is 2.48 bits per heavy atom. The number of ether oxygens (including phenoxy) is 1. The molecule has 1 unspecified atom stereocenters. The molecule has 2 N–H and O–H groups in total. The van der Waals surface area contributed by atoms with Crippen LogP contribution in [0.4, 0.5) is 4.39 Å². The number of carbonyl (C=O) groups is 1. The number of methoxy groups -OCH3 is 1. The highest BCUT2D eigenvalue weighted by atomic mass is 19.1. The van der Waals surface area contributed by atoms with Crippen molar-refractivity contribution in [2.45, 2.75) is 26.4 Å². The molecule has 0 aliphatic rings. The van der Waals surface area contributed by atoms with Crippen molar-refractivity contribution in [3.05, 3.63) is 65.5 Å². The van der Waals surface area contributed by atoms with Crippen molar-refractivity contribution in [3.8, 4) is 5.75 Å². The largest absolute Gasteiger partial charge is 0.496 e. The first-order valence-corrected chi connectivity index (χ1v) is 8.17. The van der Waals surface area contributed by atoms with E-state index >= 15 is 0 Å². The lowest BCUT2D eigenvalue weighted by atomic mass is 9.84. The van der Waals surface area contributed by atoms with Gasteiger partial charge >= 0.3 is 0 Å². The van der Waals surface area contributed by atoms with Crippen LogP contribution in [0.2, 0.25) is 0 Å². The minimum absolute atomic E-state index is 0.0693. The second-order valence-corrected chi connectivity index (χ2v) is 6.65. The number of carbonyl (C=O) groups excluding carboxylic acids is 1. The average Bonchev–Trinajstić information content (AvgIpc) is 2.60. The molecule has 2 rings (SSSR count). The Morgan fingerprint density at radius 1 is 1.20 bits per heavy atom. The summed E-state index contributed by atoms with van der Waals surface area (Å²) >= 11 is 0. The van der Waals surface area contributed by atoms with Crippen LogP contribution in [-0.4, -0.2) is 24.7 Å². The molecule has 0 radical (unpaired) electrons. The van der Waals surface area contributed by atoms with E-state index in [4.69, 9.17) is 4.74 Å². The lowest BCUT2D eigenvalue weighted by molar-refractivity contribution is -0.129. The van der Waals surface area contributed by atoms with Crippen LogP contribution in [0.3, 0.4) is 0 Å². The summed E-state index contributed by atoms with van der Waals surface area (Å²) in [4.78, 5) is 12.5. The van der Waals surface area contributed by atoms with Crippen molar-refractivity contribution >= 4 is 5.91 Å². The summed E-state index contributed by atoms with van der Waals surface area (Å²) in [6.07, 6.45) is -0.373. The molecule has 0 aliphatic carbocycles. The highest BCUT2D eigenvalue weighted by Gasteiger charge is 2.29. The molecule has 0 spiro atoms. The van der Waals surface area contributed by atoms with E-state index in [1.165, 1.54) is 24.3 Å². The number of hydrogen-bond donors (Lipinski definition) is 2. The van der Waals surface area contributed by atoms with Crippen molar-refractivity contribution in [1.29, 1.82) is 0 Å². The molecule has 25 heavy (non-hydrogen) atoms. The van der Waals surface area contributed by atoms with Gasteiger partial charge in [0.2, 0.25) is 5.91 Å². The number of aliphatic hydroxyl groups is 1. The average molecular weight is 345 g/mol. The molecule has 0 bridgehead atoms. The molecule has 0 saturated carbocycles. The summed E-state index contributed by atoms with van der Waals surface area (Å²) < 4.78 is 18.3. The summed E-state index contributed by atoms with van der Waals surface area (Å²) in [6, 6.07) is 13.2. The number of benzene rings is 2. The number of aliphatic hydroxyl groups excluding tert-OH is 1. The van der Waals surface area contributed by atoms with Crippen LogP contribution < -0.4 is 10.1 Å². The molecular weight excluding hydrogens is 321 g/mol. The van der Waals surface area contributed by atoms with Crippen LogP contribution >= 0.6 is 0 Å². The van der Waals surface area contributed by atoms with Gasteiger partial charge in [0.15, 0.2) is 0 Å². The highest BCUT2D eigenvalue weighted by Crippen LogP contribution is 2.28. The first-order valence-electron chi connectivity index (χ1n) is 8.17. The summed E-state index contributed by atoms with van der Waals surface area (Å²) in [6.45, 7) is 3.76. The predicted octanol–water partition coefficient (Wildman–Crippen LogP) is 3.25. The maximum atomic E-state index is 12.9. The van der Waals surface area contributed by atoms with Gasteiger partial charge in [0.25, 0.3) is 0 Å². The minimum atomic E-state index is -0.883. The minimum Gasteiger partial charge on any atom is -0.496 e. The van der Waals surface area contributed by atoms with E-state index in [0.717, 1.165) is 11.3 Å². The van der Waals surface area contributed by atoms with Crippen molar-refractivity contribution in [2.24, 2.45) is 5.41 Å². The van der Waals surface area contributed by atoms with Crippen molar-refractivity contribution < 1.29 is 19.0 Å². The van der Waals surface area contributed by atoms with Gasteiger partial charge in [-0.1, -0.05) is 44.2 Å². The second kappa shape index (κ2) is 8.12. The van der Waals surface area contributed by atoms with E-state index in [0.29, 0.717) is 12.0 Å². The first kappa shape index (κ1) is 18.9. The van der Waals surface area contributed by atoms with E-state index in [9.17, 15) is 14.3 Å². The van der Waals surface area contributed by atoms with Gasteiger partial charge in [-0.15, -0.1) is 0 Å². The molecule has 4 nitrogen and oxygen atoms in total. The molecule has 0 saturated heterocycles. The molecule has 2 aromatic rings. The standard InChI is InChI=1S/C20H24FNO3/c1-20(2,12-15-6-4-5-7-18(15)25-3)19(24)22-13-17(23)14-8-10-16(21)11-9-14/h4-11,17,23H,12-13H2,1-3H3,(H,22,24). The zero-order valence-electron chi connectivity index (χ0n) is 14.8. The number of amides is 1. The van der Waals surface area contributed by atoms with Crippen LogP contribution in [0.25, 0.3) is 0 Å². The molecule has 0 heterocycles. The van der Waals surface area contributed by atoms with Crippen LogP contribution in [-0.2, 0) is 11.2 Å². The van der Waals surface area contributed by atoms with E-state index in [2.05, 4.69) is 5.32 Å². The number of halogens is 1. The zero-order chi connectivity index (χ0) is 18.4. The Labute approximate surface area is 147 Å². The van der Waals surface area contributed by atoms with Gasteiger partial charge in [-0.2, -0.15) is 0 Å². The van der Waals surface area contributed by atoms with E-state index < -0.39 is 11.5 Å². The third kappa shape index (κ3) is 5.03. The molecule has 0 aromatic heterocycles. The Morgan fingerprint density at radius 2 is 1.84 bits per heavy atom. The smallest absolute Gasteiger partial charge is 0.226 e. The topological polar surface area (TPSA) is 58.6 Å². The third-order valence-corrected chi connectivity index (χ3v) is 4.15. The summed E-state index contributed by atoms with van der Waals surface area (Å²) in [5.74, 6) is 0.215. The Hall–Kier alpha value is -2.40. The normalized spacial score (nSPS) is 12.5. The summed E-state index contributed by atoms with van der Waals surface area (Å²) in [5, 5.41) is 12.9. The Bertz CT molecular complexity index is 713. The Balaban J connectivity index is 1.97. The van der Waals surface area contributed by atoms with E-state index in [1.807, 2.05) is 38.1 Å². The van der Waals surface area contributed by atoms with Gasteiger partial charge in [-0.05, 0) is 35.7 Å². The molecule has 0 fully saturated rings. The lowest BCUT2D eigenvalue weighted by Crippen LogP contribution is -2.40. The quantitative estimate of drug-likeness (QED) is 0.810. The van der Waals surface area contributed by atoms with E-state index in [-0.39, 0.29) is 18.3 Å². The maximum absolute atomic E-state index is 12.9. The number of hydrogen-bond acceptors (Lipinski definition) is 3. The first-order chi connectivity index (χ1) is 11.8. The molecule has 2 aromatic carbocycles. The lowest BCUT2D eigenvalue weighted by Gasteiger charge is -2.25. The molecule has 1 amide bonds. The van der Waals surface area contributed by atoms with Gasteiger partial charge in [0, 0.05) is 12.0 Å². The zero-order valence-corrected chi connectivity index (χ0v) is 14.8. The third-order valence-electron chi connectivity index (χ3n) is 4.15. The molecule has 5 heteroatoms. The monoisotopic (exact) mass is 345 g/mol. The van der Waals surface area contributed by atoms with Crippen molar-refractivity contribution in [2.75, 3.05) is 13.7 Å². The number of para-hydroxylation sites is 1. The fourth-order valence-corrected chi connectivity index (χ4v) is 2.64. The van der Waals surface area contributed by atoms with Gasteiger partial charge in [-0.25, -0.2) is 4.39 Å². The van der Waals surface area contributed by atoms with Crippen LogP contribution in [0.1, 0.15) is 31.1 Å². The summed E-state index contributed by atoms with van der Waals surface area (Å²) in [5.41, 5.74) is 0.838. The number of nitrogens with one attached hydrogen (secondary N) is 1. The molecular formula is C20H24FNO3. The van der Waals surface area contributed by atoms with E-state index in [1.54, 1.807) is 7.11 Å². The van der Waals surface area contributed by atoms with Gasteiger partial charge in [0.05, 0.1) is 13.2 Å². The van der Waals surface area contributed by atoms with Crippen molar-refractivity contribution in [1.82, 2.24) is 5.32 Å². The SMILES string of the molecule is COc1ccccc1CC(C)(C)C(=O)NCC(O)c1ccc(F)cc1. The van der Waals surface area contributed by atoms with Gasteiger partial charge in [0.1, 0.15) is 11.6 Å². The maximum Gasteiger partial charge on any atom is 0.226 e. The van der Waals surface area contributed by atoms with Crippen molar-refractivity contribution in [3.63, 3.8) is 0 Å². The van der Waals surface area contributed by atoms with Crippen LogP contribution in [0, 0.1) is 11.2 Å². The second-order valence-electron chi connectivity index (χ2n) is 6.65.